The summed E-state index contributed by atoms with van der Waals surface area (Å²) < 4.78 is 0. The maximum atomic E-state index is 9.26. The van der Waals surface area contributed by atoms with Crippen molar-refractivity contribution in [2.45, 2.75) is 25.4 Å². The highest BCUT2D eigenvalue weighted by Gasteiger charge is 2.17. The van der Waals surface area contributed by atoms with Gasteiger partial charge in [0.15, 0.2) is 0 Å². The number of phenols is 1. The van der Waals surface area contributed by atoms with Crippen molar-refractivity contribution in [3.8, 4) is 5.75 Å². The highest BCUT2D eigenvalue weighted by molar-refractivity contribution is 5.26. The molecule has 3 heteroatoms. The lowest BCUT2D eigenvalue weighted by Crippen LogP contribution is -2.08. The van der Waals surface area contributed by atoms with Gasteiger partial charge in [-0.2, -0.15) is 0 Å². The van der Waals surface area contributed by atoms with E-state index >= 15 is 0 Å². The standard InChI is InChI=1S/C18H19NO2/c20-17-11-9-14(10-12-17)5-4-8-16-13-18(21-19-16)15-6-2-1-3-7-15/h1-3,6-7,9-13,18-20H,4-5,8H2. The van der Waals surface area contributed by atoms with Crippen LogP contribution in [-0.2, 0) is 11.3 Å². The van der Waals surface area contributed by atoms with E-state index in [1.165, 1.54) is 11.1 Å². The molecule has 108 valence electrons. The first-order valence-corrected chi connectivity index (χ1v) is 7.26. The zero-order chi connectivity index (χ0) is 14.5. The molecule has 0 fully saturated rings. The highest BCUT2D eigenvalue weighted by Crippen LogP contribution is 2.25. The summed E-state index contributed by atoms with van der Waals surface area (Å²) in [6, 6.07) is 17.6. The second-order valence-electron chi connectivity index (χ2n) is 5.26. The molecule has 0 saturated heterocycles. The second-order valence-corrected chi connectivity index (χ2v) is 5.26. The molecule has 0 bridgehead atoms. The van der Waals surface area contributed by atoms with E-state index in [1.807, 2.05) is 30.3 Å². The second kappa shape index (κ2) is 6.46. The largest absolute Gasteiger partial charge is 0.508 e. The van der Waals surface area contributed by atoms with Crippen LogP contribution in [0, 0.1) is 0 Å². The molecule has 0 spiro atoms. The Morgan fingerprint density at radius 1 is 0.952 bits per heavy atom. The van der Waals surface area contributed by atoms with Gasteiger partial charge in [0, 0.05) is 5.70 Å². The first kappa shape index (κ1) is 13.7. The summed E-state index contributed by atoms with van der Waals surface area (Å²) in [5, 5.41) is 9.26. The Morgan fingerprint density at radius 2 is 1.71 bits per heavy atom. The number of aryl methyl sites for hydroxylation is 1. The first-order chi connectivity index (χ1) is 10.3. The van der Waals surface area contributed by atoms with Crippen molar-refractivity contribution >= 4 is 0 Å². The van der Waals surface area contributed by atoms with Gasteiger partial charge in [-0.15, -0.1) is 0 Å². The molecule has 0 aliphatic carbocycles. The van der Waals surface area contributed by atoms with Gasteiger partial charge in [-0.3, -0.25) is 10.3 Å². The van der Waals surface area contributed by atoms with Gasteiger partial charge in [-0.25, -0.2) is 0 Å². The van der Waals surface area contributed by atoms with Gasteiger partial charge in [0.25, 0.3) is 0 Å². The normalized spacial score (nSPS) is 17.3. The van der Waals surface area contributed by atoms with Crippen molar-refractivity contribution in [1.29, 1.82) is 0 Å². The number of nitrogens with one attached hydrogen (secondary N) is 1. The van der Waals surface area contributed by atoms with Crippen molar-refractivity contribution in [3.05, 3.63) is 77.5 Å². The van der Waals surface area contributed by atoms with Crippen LogP contribution in [0.4, 0.5) is 0 Å². The van der Waals surface area contributed by atoms with E-state index in [9.17, 15) is 5.11 Å². The molecule has 0 aromatic heterocycles. The molecule has 1 aliphatic rings. The van der Waals surface area contributed by atoms with E-state index in [0.717, 1.165) is 25.0 Å². The minimum Gasteiger partial charge on any atom is -0.508 e. The van der Waals surface area contributed by atoms with E-state index < -0.39 is 0 Å². The Labute approximate surface area is 124 Å². The fraction of sp³-hybridized carbons (Fsp3) is 0.222. The fourth-order valence-corrected chi connectivity index (χ4v) is 2.48. The zero-order valence-corrected chi connectivity index (χ0v) is 11.8. The van der Waals surface area contributed by atoms with Gasteiger partial charge in [0.05, 0.1) is 0 Å². The number of benzene rings is 2. The van der Waals surface area contributed by atoms with Crippen LogP contribution in [0.5, 0.6) is 5.75 Å². The molecule has 0 saturated carbocycles. The van der Waals surface area contributed by atoms with Crippen LogP contribution in [0.3, 0.4) is 0 Å². The van der Waals surface area contributed by atoms with Crippen molar-refractivity contribution in [2.24, 2.45) is 0 Å². The van der Waals surface area contributed by atoms with E-state index in [0.29, 0.717) is 5.75 Å². The summed E-state index contributed by atoms with van der Waals surface area (Å²) in [5.74, 6) is 0.318. The van der Waals surface area contributed by atoms with Crippen molar-refractivity contribution < 1.29 is 9.94 Å². The van der Waals surface area contributed by atoms with Crippen LogP contribution in [0.15, 0.2) is 66.4 Å². The van der Waals surface area contributed by atoms with E-state index in [2.05, 4.69) is 23.7 Å². The lowest BCUT2D eigenvalue weighted by molar-refractivity contribution is 0.0406. The summed E-state index contributed by atoms with van der Waals surface area (Å²) >= 11 is 0. The zero-order valence-electron chi connectivity index (χ0n) is 11.8. The predicted octanol–water partition coefficient (Wildman–Crippen LogP) is 3.87. The maximum Gasteiger partial charge on any atom is 0.131 e. The molecule has 1 heterocycles. The van der Waals surface area contributed by atoms with Gasteiger partial charge >= 0.3 is 0 Å². The van der Waals surface area contributed by atoms with Gasteiger partial charge in [-0.1, -0.05) is 42.5 Å². The minimum absolute atomic E-state index is 0.00914. The van der Waals surface area contributed by atoms with Crippen LogP contribution >= 0.6 is 0 Å². The Hall–Kier alpha value is -2.26. The molecule has 1 aliphatic heterocycles. The number of allylic oxidation sites excluding steroid dienone is 1. The number of hydroxylamine groups is 1. The summed E-state index contributed by atoms with van der Waals surface area (Å²) in [4.78, 5) is 5.59. The maximum absolute atomic E-state index is 9.26. The molecule has 0 amide bonds. The molecule has 3 rings (SSSR count). The van der Waals surface area contributed by atoms with E-state index in [-0.39, 0.29) is 6.10 Å². The molecule has 1 unspecified atom stereocenters. The highest BCUT2D eigenvalue weighted by atomic mass is 16.7. The third kappa shape index (κ3) is 3.64. The Kier molecular flexibility index (Phi) is 4.22. The molecule has 2 aromatic carbocycles. The average molecular weight is 281 g/mol. The van der Waals surface area contributed by atoms with Crippen molar-refractivity contribution in [2.75, 3.05) is 0 Å². The lowest BCUT2D eigenvalue weighted by atomic mass is 10.1. The molecule has 2 aromatic rings. The van der Waals surface area contributed by atoms with Crippen LogP contribution in [0.2, 0.25) is 0 Å². The minimum atomic E-state index is 0.00914. The molecule has 3 nitrogen and oxygen atoms in total. The summed E-state index contributed by atoms with van der Waals surface area (Å²) in [6.07, 6.45) is 5.16. The van der Waals surface area contributed by atoms with Gasteiger partial charge in [0.1, 0.15) is 11.9 Å². The first-order valence-electron chi connectivity index (χ1n) is 7.26. The molecule has 1 atom stereocenters. The monoisotopic (exact) mass is 281 g/mol. The Morgan fingerprint density at radius 3 is 2.48 bits per heavy atom. The van der Waals surface area contributed by atoms with Gasteiger partial charge in [0.2, 0.25) is 0 Å². The fourth-order valence-electron chi connectivity index (χ4n) is 2.48. The van der Waals surface area contributed by atoms with Crippen LogP contribution in [-0.4, -0.2) is 5.11 Å². The summed E-state index contributed by atoms with van der Waals surface area (Å²) in [7, 11) is 0. The Bertz CT molecular complexity index is 605. The molecular weight excluding hydrogens is 262 g/mol. The predicted molar refractivity (Wildman–Crippen MR) is 82.5 cm³/mol. The molecule has 0 radical (unpaired) electrons. The lowest BCUT2D eigenvalue weighted by Gasteiger charge is -2.07. The van der Waals surface area contributed by atoms with E-state index in [1.54, 1.807) is 12.1 Å². The number of hydrogen-bond acceptors (Lipinski definition) is 3. The van der Waals surface area contributed by atoms with Crippen molar-refractivity contribution in [3.63, 3.8) is 0 Å². The van der Waals surface area contributed by atoms with Crippen molar-refractivity contribution in [1.82, 2.24) is 5.48 Å². The van der Waals surface area contributed by atoms with Crippen LogP contribution in [0.1, 0.15) is 30.1 Å². The van der Waals surface area contributed by atoms with Crippen LogP contribution < -0.4 is 5.48 Å². The quantitative estimate of drug-likeness (QED) is 0.874. The van der Waals surface area contributed by atoms with Gasteiger partial charge in [-0.05, 0) is 48.6 Å². The third-order valence-corrected chi connectivity index (χ3v) is 3.65. The molecule has 21 heavy (non-hydrogen) atoms. The number of aromatic hydroxyl groups is 1. The van der Waals surface area contributed by atoms with Gasteiger partial charge < -0.3 is 5.11 Å². The van der Waals surface area contributed by atoms with Crippen LogP contribution in [0.25, 0.3) is 0 Å². The Balaban J connectivity index is 1.51. The number of rotatable bonds is 5. The topological polar surface area (TPSA) is 41.5 Å². The number of phenolic OH excluding ortho intramolecular Hbond substituents is 1. The average Bonchev–Trinajstić information content (AvgIpc) is 2.99. The molecule has 2 N–H and O–H groups in total. The summed E-state index contributed by atoms with van der Waals surface area (Å²) in [6.45, 7) is 0. The third-order valence-electron chi connectivity index (χ3n) is 3.65. The number of hydrogen-bond donors (Lipinski definition) is 2. The SMILES string of the molecule is Oc1ccc(CCCC2=CC(c3ccccc3)ON2)cc1. The smallest absolute Gasteiger partial charge is 0.131 e. The molecular formula is C18H19NO2. The van der Waals surface area contributed by atoms with E-state index in [4.69, 9.17) is 4.84 Å². The summed E-state index contributed by atoms with van der Waals surface area (Å²) in [5.41, 5.74) is 6.57.